The minimum absolute atomic E-state index is 0.101. The van der Waals surface area contributed by atoms with Gasteiger partial charge < -0.3 is 10.2 Å². The van der Waals surface area contributed by atoms with Crippen LogP contribution >= 0.6 is 0 Å². The van der Waals surface area contributed by atoms with E-state index in [4.69, 9.17) is 0 Å². The van der Waals surface area contributed by atoms with E-state index in [1.165, 1.54) is 12.1 Å². The zero-order chi connectivity index (χ0) is 17.0. The highest BCUT2D eigenvalue weighted by Crippen LogP contribution is 2.40. The first-order valence-corrected chi connectivity index (χ1v) is 7.74. The van der Waals surface area contributed by atoms with Crippen LogP contribution in [-0.2, 0) is 0 Å². The van der Waals surface area contributed by atoms with Crippen LogP contribution in [0.4, 0.5) is 5.69 Å². The van der Waals surface area contributed by atoms with Crippen LogP contribution in [-0.4, -0.2) is 15.1 Å². The van der Waals surface area contributed by atoms with Gasteiger partial charge in [-0.2, -0.15) is 0 Å². The molecule has 0 unspecified atom stereocenters. The average molecular weight is 315 g/mol. The second kappa shape index (κ2) is 7.13. The summed E-state index contributed by atoms with van der Waals surface area (Å²) in [4.78, 5) is 10.5. The predicted molar refractivity (Wildman–Crippen MR) is 88.9 cm³/mol. The lowest BCUT2D eigenvalue weighted by Gasteiger charge is -2.26. The fraction of sp³-hybridized carbons (Fsp3) is 0.333. The maximum Gasteiger partial charge on any atom is 0.310 e. The predicted octanol–water partition coefficient (Wildman–Crippen LogP) is 4.69. The van der Waals surface area contributed by atoms with Crippen LogP contribution < -0.4 is 0 Å². The van der Waals surface area contributed by atoms with Crippen molar-refractivity contribution >= 4 is 5.69 Å². The molecule has 2 aromatic rings. The van der Waals surface area contributed by atoms with Gasteiger partial charge in [0, 0.05) is 6.07 Å². The minimum Gasteiger partial charge on any atom is -0.508 e. The van der Waals surface area contributed by atoms with Gasteiger partial charge in [0.05, 0.1) is 4.92 Å². The third kappa shape index (κ3) is 3.62. The maximum atomic E-state index is 11.0. The molecule has 0 aliphatic heterocycles. The highest BCUT2D eigenvalue weighted by atomic mass is 16.6. The number of nitro groups is 1. The lowest BCUT2D eigenvalue weighted by molar-refractivity contribution is -0.385. The summed E-state index contributed by atoms with van der Waals surface area (Å²) < 4.78 is 0. The third-order valence-corrected chi connectivity index (χ3v) is 4.31. The lowest BCUT2D eigenvalue weighted by atomic mass is 9.78. The molecular formula is C18H21NO4. The van der Waals surface area contributed by atoms with E-state index in [1.54, 1.807) is 18.2 Å². The summed E-state index contributed by atoms with van der Waals surface area (Å²) in [6, 6.07) is 11.7. The molecule has 2 rings (SSSR count). The number of rotatable bonds is 6. The summed E-state index contributed by atoms with van der Waals surface area (Å²) >= 11 is 0. The summed E-state index contributed by atoms with van der Waals surface area (Å²) in [5.41, 5.74) is 1.67. The zero-order valence-electron chi connectivity index (χ0n) is 13.3. The second-order valence-electron chi connectivity index (χ2n) is 5.63. The maximum absolute atomic E-state index is 11.0. The largest absolute Gasteiger partial charge is 0.508 e. The number of nitrogens with zero attached hydrogens (tertiary/aromatic N) is 1. The molecule has 0 saturated heterocycles. The topological polar surface area (TPSA) is 83.6 Å². The fourth-order valence-electron chi connectivity index (χ4n) is 3.14. The van der Waals surface area contributed by atoms with Gasteiger partial charge in [-0.05, 0) is 54.0 Å². The number of aromatic hydroxyl groups is 2. The Morgan fingerprint density at radius 1 is 0.957 bits per heavy atom. The highest BCUT2D eigenvalue weighted by molar-refractivity contribution is 5.49. The van der Waals surface area contributed by atoms with Crippen molar-refractivity contribution in [3.05, 3.63) is 63.7 Å². The van der Waals surface area contributed by atoms with Crippen LogP contribution in [0.3, 0.4) is 0 Å². The number of phenolic OH excluding ortho intramolecular Hbond substituents is 2. The molecule has 2 aromatic carbocycles. The SMILES string of the molecule is CC[C@H](c1ccc(O)cc1)[C@@H](CC)c1ccc(O)c([N+](=O)[O-])c1. The van der Waals surface area contributed by atoms with Crippen LogP contribution in [0.1, 0.15) is 49.7 Å². The smallest absolute Gasteiger partial charge is 0.310 e. The number of nitro benzene ring substituents is 1. The number of benzene rings is 2. The fourth-order valence-corrected chi connectivity index (χ4v) is 3.14. The first-order chi connectivity index (χ1) is 11.0. The Bertz CT molecular complexity index is 682. The third-order valence-electron chi connectivity index (χ3n) is 4.31. The van der Waals surface area contributed by atoms with Gasteiger partial charge in [-0.25, -0.2) is 0 Å². The average Bonchev–Trinajstić information content (AvgIpc) is 2.54. The van der Waals surface area contributed by atoms with Crippen molar-refractivity contribution in [1.29, 1.82) is 0 Å². The van der Waals surface area contributed by atoms with Crippen molar-refractivity contribution in [2.24, 2.45) is 0 Å². The van der Waals surface area contributed by atoms with Gasteiger partial charge in [0.1, 0.15) is 5.75 Å². The zero-order valence-corrected chi connectivity index (χ0v) is 13.3. The Balaban J connectivity index is 2.42. The van der Waals surface area contributed by atoms with Crippen LogP contribution in [0.2, 0.25) is 0 Å². The van der Waals surface area contributed by atoms with Gasteiger partial charge in [0.15, 0.2) is 5.75 Å². The summed E-state index contributed by atoms with van der Waals surface area (Å²) in [5.74, 6) is 0.191. The van der Waals surface area contributed by atoms with Crippen molar-refractivity contribution in [3.8, 4) is 11.5 Å². The minimum atomic E-state index is -0.562. The van der Waals surface area contributed by atoms with E-state index in [0.29, 0.717) is 0 Å². The van der Waals surface area contributed by atoms with Crippen LogP contribution in [0.15, 0.2) is 42.5 Å². The molecule has 2 N–H and O–H groups in total. The van der Waals surface area contributed by atoms with E-state index in [9.17, 15) is 20.3 Å². The Morgan fingerprint density at radius 3 is 2.00 bits per heavy atom. The normalized spacial score (nSPS) is 13.5. The van der Waals surface area contributed by atoms with E-state index in [-0.39, 0.29) is 29.0 Å². The monoisotopic (exact) mass is 315 g/mol. The Labute approximate surface area is 135 Å². The first kappa shape index (κ1) is 16.8. The van der Waals surface area contributed by atoms with Crippen LogP contribution in [0.5, 0.6) is 11.5 Å². The Morgan fingerprint density at radius 2 is 1.48 bits per heavy atom. The summed E-state index contributed by atoms with van der Waals surface area (Å²) in [6.07, 6.45) is 1.69. The lowest BCUT2D eigenvalue weighted by Crippen LogP contribution is -2.10. The number of hydrogen-bond acceptors (Lipinski definition) is 4. The van der Waals surface area contributed by atoms with Gasteiger partial charge in [-0.15, -0.1) is 0 Å². The van der Waals surface area contributed by atoms with Gasteiger partial charge in [0.25, 0.3) is 0 Å². The molecular weight excluding hydrogens is 294 g/mol. The van der Waals surface area contributed by atoms with Crippen LogP contribution in [0, 0.1) is 10.1 Å². The van der Waals surface area contributed by atoms with Crippen molar-refractivity contribution in [2.45, 2.75) is 38.5 Å². The van der Waals surface area contributed by atoms with E-state index in [0.717, 1.165) is 24.0 Å². The summed E-state index contributed by atoms with van der Waals surface area (Å²) in [5, 5.41) is 30.1. The van der Waals surface area contributed by atoms with Crippen molar-refractivity contribution in [3.63, 3.8) is 0 Å². The van der Waals surface area contributed by atoms with E-state index < -0.39 is 4.92 Å². The van der Waals surface area contributed by atoms with Gasteiger partial charge in [-0.3, -0.25) is 10.1 Å². The molecule has 2 atom stereocenters. The molecule has 122 valence electrons. The quantitative estimate of drug-likeness (QED) is 0.598. The highest BCUT2D eigenvalue weighted by Gasteiger charge is 2.25. The van der Waals surface area contributed by atoms with E-state index in [1.807, 2.05) is 19.1 Å². The molecule has 5 nitrogen and oxygen atoms in total. The van der Waals surface area contributed by atoms with Gasteiger partial charge in [-0.1, -0.05) is 32.0 Å². The van der Waals surface area contributed by atoms with Crippen molar-refractivity contribution < 1.29 is 15.1 Å². The van der Waals surface area contributed by atoms with Gasteiger partial charge in [0.2, 0.25) is 0 Å². The molecule has 0 aromatic heterocycles. The second-order valence-corrected chi connectivity index (χ2v) is 5.63. The molecule has 23 heavy (non-hydrogen) atoms. The Hall–Kier alpha value is -2.56. The molecule has 0 saturated carbocycles. The molecule has 0 amide bonds. The molecule has 0 aliphatic carbocycles. The molecule has 0 spiro atoms. The van der Waals surface area contributed by atoms with E-state index >= 15 is 0 Å². The first-order valence-electron chi connectivity index (χ1n) is 7.74. The van der Waals surface area contributed by atoms with Crippen LogP contribution in [0.25, 0.3) is 0 Å². The number of phenols is 2. The van der Waals surface area contributed by atoms with Crippen molar-refractivity contribution in [2.75, 3.05) is 0 Å². The standard InChI is InChI=1S/C18H21NO4/c1-3-15(12-5-8-14(20)9-6-12)16(4-2)13-7-10-18(21)17(11-13)19(22)23/h5-11,15-16,20-21H,3-4H2,1-2H3/t15-,16+/m1/s1. The molecule has 0 radical (unpaired) electrons. The molecule has 0 fully saturated rings. The molecule has 5 heteroatoms. The number of hydrogen-bond donors (Lipinski definition) is 2. The van der Waals surface area contributed by atoms with Crippen molar-refractivity contribution in [1.82, 2.24) is 0 Å². The molecule has 0 bridgehead atoms. The summed E-state index contributed by atoms with van der Waals surface area (Å²) in [6.45, 7) is 4.13. The Kier molecular flexibility index (Phi) is 5.21. The van der Waals surface area contributed by atoms with E-state index in [2.05, 4.69) is 6.92 Å². The summed E-state index contributed by atoms with van der Waals surface area (Å²) in [7, 11) is 0. The molecule has 0 heterocycles. The molecule has 0 aliphatic rings. The van der Waals surface area contributed by atoms with Gasteiger partial charge >= 0.3 is 5.69 Å².